The SMILES string of the molecule is CCc1ccccc1S(=O)(=O)NCC1CCOc2ccccc21. The number of fused-ring (bicyclic) bond motifs is 1. The number of ether oxygens (including phenoxy) is 1. The molecule has 3 rings (SSSR count). The van der Waals surface area contributed by atoms with Crippen LogP contribution in [0.25, 0.3) is 0 Å². The number of rotatable bonds is 5. The van der Waals surface area contributed by atoms with Crippen LogP contribution in [0.3, 0.4) is 0 Å². The first kappa shape index (κ1) is 16.0. The lowest BCUT2D eigenvalue weighted by atomic mass is 9.93. The van der Waals surface area contributed by atoms with Crippen molar-refractivity contribution in [3.63, 3.8) is 0 Å². The van der Waals surface area contributed by atoms with Gasteiger partial charge in [-0.25, -0.2) is 13.1 Å². The van der Waals surface area contributed by atoms with Gasteiger partial charge in [-0.2, -0.15) is 0 Å². The molecule has 1 N–H and O–H groups in total. The van der Waals surface area contributed by atoms with E-state index < -0.39 is 10.0 Å². The molecule has 0 bridgehead atoms. The first-order valence-electron chi connectivity index (χ1n) is 7.91. The standard InChI is InChI=1S/C18H21NO3S/c1-2-14-7-3-6-10-18(14)23(20,21)19-13-15-11-12-22-17-9-5-4-8-16(15)17/h3-10,15,19H,2,11-13H2,1H3. The van der Waals surface area contributed by atoms with E-state index in [1.165, 1.54) is 0 Å². The molecular formula is C18H21NO3S. The third kappa shape index (κ3) is 3.41. The fourth-order valence-corrected chi connectivity index (χ4v) is 4.37. The monoisotopic (exact) mass is 331 g/mol. The minimum atomic E-state index is -3.50. The lowest BCUT2D eigenvalue weighted by Crippen LogP contribution is -2.31. The molecule has 23 heavy (non-hydrogen) atoms. The topological polar surface area (TPSA) is 55.4 Å². The highest BCUT2D eigenvalue weighted by molar-refractivity contribution is 7.89. The van der Waals surface area contributed by atoms with Crippen LogP contribution in [-0.4, -0.2) is 21.6 Å². The Bertz CT molecular complexity index is 786. The molecular weight excluding hydrogens is 310 g/mol. The molecule has 0 radical (unpaired) electrons. The lowest BCUT2D eigenvalue weighted by molar-refractivity contribution is 0.267. The quantitative estimate of drug-likeness (QED) is 0.916. The Morgan fingerprint density at radius 1 is 1.13 bits per heavy atom. The molecule has 1 atom stereocenters. The fourth-order valence-electron chi connectivity index (χ4n) is 2.97. The summed E-state index contributed by atoms with van der Waals surface area (Å²) in [6.45, 7) is 2.97. The third-order valence-electron chi connectivity index (χ3n) is 4.25. The third-order valence-corrected chi connectivity index (χ3v) is 5.77. The Labute approximate surface area is 137 Å². The largest absolute Gasteiger partial charge is 0.493 e. The predicted octanol–water partition coefficient (Wildman–Crippen LogP) is 3.09. The zero-order chi connectivity index (χ0) is 16.3. The first-order chi connectivity index (χ1) is 11.1. The Morgan fingerprint density at radius 2 is 1.87 bits per heavy atom. The molecule has 1 heterocycles. The zero-order valence-corrected chi connectivity index (χ0v) is 14.0. The number of para-hydroxylation sites is 1. The molecule has 0 aromatic heterocycles. The summed E-state index contributed by atoms with van der Waals surface area (Å²) in [6.07, 6.45) is 1.51. The van der Waals surface area contributed by atoms with E-state index in [4.69, 9.17) is 4.74 Å². The van der Waals surface area contributed by atoms with Gasteiger partial charge in [-0.3, -0.25) is 0 Å². The van der Waals surface area contributed by atoms with Crippen LogP contribution in [0.5, 0.6) is 5.75 Å². The van der Waals surface area contributed by atoms with Crippen LogP contribution < -0.4 is 9.46 Å². The van der Waals surface area contributed by atoms with Gasteiger partial charge in [-0.15, -0.1) is 0 Å². The van der Waals surface area contributed by atoms with Crippen LogP contribution >= 0.6 is 0 Å². The molecule has 0 fully saturated rings. The highest BCUT2D eigenvalue weighted by Gasteiger charge is 2.24. The van der Waals surface area contributed by atoms with E-state index in [1.807, 2.05) is 43.3 Å². The van der Waals surface area contributed by atoms with E-state index in [9.17, 15) is 8.42 Å². The number of hydrogen-bond donors (Lipinski definition) is 1. The molecule has 2 aromatic carbocycles. The van der Waals surface area contributed by atoms with E-state index in [2.05, 4.69) is 4.72 Å². The second-order valence-electron chi connectivity index (χ2n) is 5.69. The minimum Gasteiger partial charge on any atom is -0.493 e. The summed E-state index contributed by atoms with van der Waals surface area (Å²) >= 11 is 0. The highest BCUT2D eigenvalue weighted by atomic mass is 32.2. The van der Waals surface area contributed by atoms with E-state index in [1.54, 1.807) is 12.1 Å². The smallest absolute Gasteiger partial charge is 0.240 e. The summed E-state index contributed by atoms with van der Waals surface area (Å²) in [5.41, 5.74) is 1.91. The summed E-state index contributed by atoms with van der Waals surface area (Å²) in [5.74, 6) is 1.00. The van der Waals surface area contributed by atoms with Crippen molar-refractivity contribution in [1.29, 1.82) is 0 Å². The Balaban J connectivity index is 1.78. The molecule has 0 saturated heterocycles. The molecule has 0 amide bonds. The molecule has 2 aromatic rings. The Morgan fingerprint density at radius 3 is 2.70 bits per heavy atom. The van der Waals surface area contributed by atoms with Gasteiger partial charge in [0, 0.05) is 12.5 Å². The summed E-state index contributed by atoms with van der Waals surface area (Å²) in [6, 6.07) is 15.0. The van der Waals surface area contributed by atoms with E-state index >= 15 is 0 Å². The van der Waals surface area contributed by atoms with Gasteiger partial charge in [-0.1, -0.05) is 43.3 Å². The number of benzene rings is 2. The molecule has 4 nitrogen and oxygen atoms in total. The average molecular weight is 331 g/mol. The molecule has 1 aliphatic heterocycles. The van der Waals surface area contributed by atoms with Crippen molar-refractivity contribution in [3.8, 4) is 5.75 Å². The minimum absolute atomic E-state index is 0.142. The van der Waals surface area contributed by atoms with Crippen molar-refractivity contribution in [3.05, 3.63) is 59.7 Å². The number of sulfonamides is 1. The zero-order valence-electron chi connectivity index (χ0n) is 13.2. The van der Waals surface area contributed by atoms with Crippen molar-refractivity contribution < 1.29 is 13.2 Å². The number of nitrogens with one attached hydrogen (secondary N) is 1. The van der Waals surface area contributed by atoms with Crippen LogP contribution in [0.4, 0.5) is 0 Å². The summed E-state index contributed by atoms with van der Waals surface area (Å²) in [4.78, 5) is 0.378. The lowest BCUT2D eigenvalue weighted by Gasteiger charge is -2.26. The van der Waals surface area contributed by atoms with Crippen molar-refractivity contribution in [2.45, 2.75) is 30.6 Å². The fraction of sp³-hybridized carbons (Fsp3) is 0.333. The van der Waals surface area contributed by atoms with Crippen molar-refractivity contribution in [1.82, 2.24) is 4.72 Å². The van der Waals surface area contributed by atoms with Gasteiger partial charge in [0.25, 0.3) is 0 Å². The first-order valence-corrected chi connectivity index (χ1v) is 9.39. The number of aryl methyl sites for hydroxylation is 1. The normalized spacial score (nSPS) is 17.3. The van der Waals surface area contributed by atoms with Gasteiger partial charge in [0.1, 0.15) is 5.75 Å². The summed E-state index contributed by atoms with van der Waals surface area (Å²) in [5, 5.41) is 0. The highest BCUT2D eigenvalue weighted by Crippen LogP contribution is 2.33. The van der Waals surface area contributed by atoms with Crippen molar-refractivity contribution >= 4 is 10.0 Å². The van der Waals surface area contributed by atoms with Crippen molar-refractivity contribution in [2.75, 3.05) is 13.2 Å². The van der Waals surface area contributed by atoms with Gasteiger partial charge in [0.2, 0.25) is 10.0 Å². The van der Waals surface area contributed by atoms with Gasteiger partial charge in [0.15, 0.2) is 0 Å². The maximum Gasteiger partial charge on any atom is 0.240 e. The van der Waals surface area contributed by atoms with Crippen LogP contribution in [0.1, 0.15) is 30.4 Å². The maximum absolute atomic E-state index is 12.6. The Hall–Kier alpha value is -1.85. The van der Waals surface area contributed by atoms with Crippen LogP contribution in [-0.2, 0) is 16.4 Å². The molecule has 0 saturated carbocycles. The van der Waals surface area contributed by atoms with Crippen LogP contribution in [0, 0.1) is 0 Å². The van der Waals surface area contributed by atoms with Crippen LogP contribution in [0.2, 0.25) is 0 Å². The molecule has 122 valence electrons. The number of hydrogen-bond acceptors (Lipinski definition) is 3. The van der Waals surface area contributed by atoms with Gasteiger partial charge < -0.3 is 4.74 Å². The molecule has 0 spiro atoms. The van der Waals surface area contributed by atoms with E-state index in [0.717, 1.165) is 23.3 Å². The second-order valence-corrected chi connectivity index (χ2v) is 7.42. The van der Waals surface area contributed by atoms with E-state index in [0.29, 0.717) is 24.5 Å². The van der Waals surface area contributed by atoms with Gasteiger partial charge >= 0.3 is 0 Å². The predicted molar refractivity (Wildman–Crippen MR) is 90.3 cm³/mol. The average Bonchev–Trinajstić information content (AvgIpc) is 2.60. The van der Waals surface area contributed by atoms with Gasteiger partial charge in [0.05, 0.1) is 11.5 Å². The van der Waals surface area contributed by atoms with Gasteiger partial charge in [-0.05, 0) is 36.1 Å². The van der Waals surface area contributed by atoms with E-state index in [-0.39, 0.29) is 5.92 Å². The molecule has 1 aliphatic rings. The summed E-state index contributed by atoms with van der Waals surface area (Å²) < 4.78 is 33.7. The molecule has 1 unspecified atom stereocenters. The maximum atomic E-state index is 12.6. The second kappa shape index (κ2) is 6.72. The summed E-state index contributed by atoms with van der Waals surface area (Å²) in [7, 11) is -3.50. The van der Waals surface area contributed by atoms with Crippen LogP contribution in [0.15, 0.2) is 53.4 Å². The van der Waals surface area contributed by atoms with Crippen molar-refractivity contribution in [2.24, 2.45) is 0 Å². The molecule has 5 heteroatoms. The molecule has 0 aliphatic carbocycles. The Kier molecular flexibility index (Phi) is 4.68.